The van der Waals surface area contributed by atoms with E-state index in [0.29, 0.717) is 28.8 Å². The summed E-state index contributed by atoms with van der Waals surface area (Å²) >= 11 is 0. The predicted molar refractivity (Wildman–Crippen MR) is 115 cm³/mol. The van der Waals surface area contributed by atoms with Crippen molar-refractivity contribution >= 4 is 28.5 Å². The molecule has 0 N–H and O–H groups in total. The van der Waals surface area contributed by atoms with Gasteiger partial charge in [0.1, 0.15) is 5.58 Å². The number of rotatable bonds is 5. The smallest absolute Gasteiger partial charge is 0.291 e. The van der Waals surface area contributed by atoms with E-state index in [0.717, 1.165) is 6.42 Å². The number of ether oxygens (including phenoxy) is 1. The van der Waals surface area contributed by atoms with Crippen LogP contribution < -0.4 is 10.3 Å². The summed E-state index contributed by atoms with van der Waals surface area (Å²) in [6.45, 7) is 2.84. The number of hydrogen-bond acceptors (Lipinski definition) is 5. The number of para-hydroxylation sites is 2. The summed E-state index contributed by atoms with van der Waals surface area (Å²) in [6, 6.07) is 14.2. The summed E-state index contributed by atoms with van der Waals surface area (Å²) in [5.74, 6) is -0.848. The number of nitrogens with zero attached hydrogens (tertiary/aromatic N) is 2. The molecule has 0 bridgehead atoms. The first kappa shape index (κ1) is 19.5. The minimum Gasteiger partial charge on any atom is -0.450 e. The maximum atomic E-state index is 14.1. The Hall–Kier alpha value is -3.45. The molecule has 2 amide bonds. The van der Waals surface area contributed by atoms with Crippen LogP contribution in [0.2, 0.25) is 0 Å². The van der Waals surface area contributed by atoms with Gasteiger partial charge in [0.2, 0.25) is 5.76 Å². The van der Waals surface area contributed by atoms with Gasteiger partial charge in [-0.2, -0.15) is 0 Å². The van der Waals surface area contributed by atoms with Gasteiger partial charge in [0.05, 0.1) is 23.2 Å². The van der Waals surface area contributed by atoms with Crippen LogP contribution in [-0.2, 0) is 15.1 Å². The first-order valence-electron chi connectivity index (χ1n) is 10.4. The van der Waals surface area contributed by atoms with Crippen LogP contribution in [0.4, 0.5) is 5.69 Å². The normalized spacial score (nSPS) is 19.5. The second-order valence-electron chi connectivity index (χ2n) is 7.77. The molecule has 7 nitrogen and oxygen atoms in total. The summed E-state index contributed by atoms with van der Waals surface area (Å²) in [5.41, 5.74) is -0.145. The van der Waals surface area contributed by atoms with Crippen LogP contribution in [0.15, 0.2) is 57.7 Å². The van der Waals surface area contributed by atoms with E-state index in [1.807, 2.05) is 31.2 Å². The fraction of sp³-hybridized carbons (Fsp3) is 0.292. The highest BCUT2D eigenvalue weighted by Gasteiger charge is 2.64. The van der Waals surface area contributed by atoms with Crippen LogP contribution in [0, 0.1) is 0 Å². The summed E-state index contributed by atoms with van der Waals surface area (Å²) in [4.78, 5) is 44.4. The van der Waals surface area contributed by atoms with Gasteiger partial charge < -0.3 is 19.0 Å². The molecule has 0 unspecified atom stereocenters. The molecule has 2 aliphatic rings. The van der Waals surface area contributed by atoms with E-state index in [-0.39, 0.29) is 35.8 Å². The minimum absolute atomic E-state index is 0.0682. The average molecular weight is 418 g/mol. The minimum atomic E-state index is -1.55. The molecule has 31 heavy (non-hydrogen) atoms. The SMILES string of the molecule is CCCN1C(=O)[C@]2(c3ccccc31)c1c(oc3ccccc3c1=O)C(=O)N2CCOC. The Bertz CT molecular complexity index is 1280. The van der Waals surface area contributed by atoms with Gasteiger partial charge in [0.25, 0.3) is 11.8 Å². The maximum Gasteiger partial charge on any atom is 0.291 e. The zero-order chi connectivity index (χ0) is 21.8. The molecule has 0 aliphatic carbocycles. The van der Waals surface area contributed by atoms with Gasteiger partial charge in [-0.3, -0.25) is 14.4 Å². The lowest BCUT2D eigenvalue weighted by atomic mass is 9.84. The highest BCUT2D eigenvalue weighted by atomic mass is 16.5. The van der Waals surface area contributed by atoms with Crippen LogP contribution in [0.1, 0.15) is 35.0 Å². The van der Waals surface area contributed by atoms with Crippen LogP contribution in [-0.4, -0.2) is 43.5 Å². The van der Waals surface area contributed by atoms with Crippen molar-refractivity contribution in [2.75, 3.05) is 31.7 Å². The number of carbonyl (C=O) groups excluding carboxylic acids is 2. The lowest BCUT2D eigenvalue weighted by Gasteiger charge is -2.34. The molecular formula is C24H22N2O5. The monoisotopic (exact) mass is 418 g/mol. The van der Waals surface area contributed by atoms with Crippen LogP contribution in [0.25, 0.3) is 11.0 Å². The van der Waals surface area contributed by atoms with Crippen molar-refractivity contribution in [3.05, 3.63) is 75.6 Å². The zero-order valence-electron chi connectivity index (χ0n) is 17.4. The lowest BCUT2D eigenvalue weighted by molar-refractivity contribution is -0.126. The lowest BCUT2D eigenvalue weighted by Crippen LogP contribution is -2.54. The standard InChI is InChI=1S/C24H22N2O5/c1-3-12-25-17-10-6-5-9-16(17)24(23(25)29)19-20(27)15-8-4-7-11-18(15)31-21(19)22(28)26(24)13-14-30-2/h4-11H,3,12-14H2,1-2H3/t24-/m0/s1. The van der Waals surface area contributed by atoms with E-state index in [1.165, 1.54) is 12.0 Å². The quantitative estimate of drug-likeness (QED) is 0.637. The van der Waals surface area contributed by atoms with E-state index in [2.05, 4.69) is 0 Å². The van der Waals surface area contributed by atoms with Crippen molar-refractivity contribution in [3.63, 3.8) is 0 Å². The van der Waals surface area contributed by atoms with E-state index < -0.39 is 11.4 Å². The fourth-order valence-corrected chi connectivity index (χ4v) is 4.87. The third-order valence-corrected chi connectivity index (χ3v) is 6.11. The number of carbonyl (C=O) groups is 2. The number of hydrogen-bond donors (Lipinski definition) is 0. The Morgan fingerprint density at radius 2 is 1.74 bits per heavy atom. The van der Waals surface area contributed by atoms with Crippen molar-refractivity contribution in [1.29, 1.82) is 0 Å². The molecule has 7 heteroatoms. The van der Waals surface area contributed by atoms with Crippen LogP contribution in [0.3, 0.4) is 0 Å². The van der Waals surface area contributed by atoms with Crippen molar-refractivity contribution < 1.29 is 18.7 Å². The van der Waals surface area contributed by atoms with Gasteiger partial charge in [-0.1, -0.05) is 37.3 Å². The molecule has 2 aromatic carbocycles. The number of anilines is 1. The fourth-order valence-electron chi connectivity index (χ4n) is 4.87. The Morgan fingerprint density at radius 1 is 1.00 bits per heavy atom. The Balaban J connectivity index is 1.89. The van der Waals surface area contributed by atoms with Crippen molar-refractivity contribution in [2.24, 2.45) is 0 Å². The van der Waals surface area contributed by atoms with E-state index >= 15 is 0 Å². The van der Waals surface area contributed by atoms with E-state index in [4.69, 9.17) is 9.15 Å². The molecule has 0 saturated heterocycles. The Kier molecular flexibility index (Phi) is 4.44. The second-order valence-corrected chi connectivity index (χ2v) is 7.77. The number of methoxy groups -OCH3 is 1. The van der Waals surface area contributed by atoms with Crippen molar-refractivity contribution in [3.8, 4) is 0 Å². The highest BCUT2D eigenvalue weighted by Crippen LogP contribution is 2.52. The highest BCUT2D eigenvalue weighted by molar-refractivity contribution is 6.17. The van der Waals surface area contributed by atoms with Gasteiger partial charge >= 0.3 is 0 Å². The molecule has 1 aromatic heterocycles. The Labute approximate surface area is 178 Å². The van der Waals surface area contributed by atoms with Gasteiger partial charge in [-0.05, 0) is 24.6 Å². The predicted octanol–water partition coefficient (Wildman–Crippen LogP) is 2.90. The number of amides is 2. The molecule has 3 heterocycles. The van der Waals surface area contributed by atoms with Crippen molar-refractivity contribution in [2.45, 2.75) is 18.9 Å². The molecule has 2 aliphatic heterocycles. The van der Waals surface area contributed by atoms with E-state index in [1.54, 1.807) is 29.2 Å². The summed E-state index contributed by atoms with van der Waals surface area (Å²) in [7, 11) is 1.53. The molecule has 0 saturated carbocycles. The van der Waals surface area contributed by atoms with Gasteiger partial charge in [0, 0.05) is 25.8 Å². The molecule has 158 valence electrons. The molecular weight excluding hydrogens is 396 g/mol. The third kappa shape index (κ3) is 2.41. The Morgan fingerprint density at radius 3 is 2.52 bits per heavy atom. The van der Waals surface area contributed by atoms with E-state index in [9.17, 15) is 14.4 Å². The first-order chi connectivity index (χ1) is 15.1. The summed E-state index contributed by atoms with van der Waals surface area (Å²) in [5, 5.41) is 0.348. The van der Waals surface area contributed by atoms with Gasteiger partial charge in [-0.25, -0.2) is 0 Å². The number of benzene rings is 2. The second kappa shape index (κ2) is 7.06. The molecule has 5 rings (SSSR count). The van der Waals surface area contributed by atoms with Crippen molar-refractivity contribution in [1.82, 2.24) is 4.90 Å². The number of fused-ring (bicyclic) bond motifs is 5. The zero-order valence-corrected chi connectivity index (χ0v) is 17.4. The first-order valence-corrected chi connectivity index (χ1v) is 10.4. The molecule has 0 fully saturated rings. The van der Waals surface area contributed by atoms with Gasteiger partial charge in [-0.15, -0.1) is 0 Å². The molecule has 3 aromatic rings. The molecule has 0 radical (unpaired) electrons. The molecule has 1 atom stereocenters. The van der Waals surface area contributed by atoms with Gasteiger partial charge in [0.15, 0.2) is 11.0 Å². The topological polar surface area (TPSA) is 80.1 Å². The summed E-state index contributed by atoms with van der Waals surface area (Å²) in [6.07, 6.45) is 0.737. The van der Waals surface area contributed by atoms with Crippen LogP contribution in [0.5, 0.6) is 0 Å². The average Bonchev–Trinajstić information content (AvgIpc) is 3.18. The largest absolute Gasteiger partial charge is 0.450 e. The third-order valence-electron chi connectivity index (χ3n) is 6.11. The summed E-state index contributed by atoms with van der Waals surface area (Å²) < 4.78 is 11.2. The maximum absolute atomic E-state index is 14.1. The molecule has 1 spiro atoms. The van der Waals surface area contributed by atoms with Crippen LogP contribution >= 0.6 is 0 Å².